The van der Waals surface area contributed by atoms with E-state index in [-0.39, 0.29) is 25.2 Å². The van der Waals surface area contributed by atoms with Gasteiger partial charge in [0, 0.05) is 12.6 Å². The summed E-state index contributed by atoms with van der Waals surface area (Å²) in [6.07, 6.45) is 1.78. The van der Waals surface area contributed by atoms with Crippen molar-refractivity contribution in [2.45, 2.75) is 25.8 Å². The zero-order valence-electron chi connectivity index (χ0n) is 9.76. The molecule has 1 unspecified atom stereocenters. The lowest BCUT2D eigenvalue weighted by Crippen LogP contribution is -2.40. The van der Waals surface area contributed by atoms with Crippen LogP contribution in [-0.4, -0.2) is 46.9 Å². The van der Waals surface area contributed by atoms with Gasteiger partial charge in [-0.2, -0.15) is 0 Å². The van der Waals surface area contributed by atoms with Crippen LogP contribution < -0.4 is 4.74 Å². The van der Waals surface area contributed by atoms with Crippen LogP contribution in [0.5, 0.6) is 5.88 Å². The number of aryl methyl sites for hydroxylation is 1. The molecule has 0 bridgehead atoms. The molecule has 94 valence electrons. The second-order valence-electron chi connectivity index (χ2n) is 4.13. The Kier molecular flexibility index (Phi) is 3.63. The largest absolute Gasteiger partial charge is 0.465 e. The highest BCUT2D eigenvalue weighted by atomic mass is 16.5. The van der Waals surface area contributed by atoms with Gasteiger partial charge in [0.15, 0.2) is 6.61 Å². The van der Waals surface area contributed by atoms with Crippen LogP contribution in [0.2, 0.25) is 0 Å². The molecule has 2 heterocycles. The first-order chi connectivity index (χ1) is 8.20. The number of ether oxygens (including phenoxy) is 1. The van der Waals surface area contributed by atoms with Crippen molar-refractivity contribution < 1.29 is 19.2 Å². The van der Waals surface area contributed by atoms with Gasteiger partial charge in [0.05, 0.1) is 12.6 Å². The van der Waals surface area contributed by atoms with Crippen LogP contribution in [0, 0.1) is 6.92 Å². The number of likely N-dealkylation sites (tertiary alicyclic amines) is 1. The van der Waals surface area contributed by atoms with Crippen LogP contribution in [0.1, 0.15) is 18.6 Å². The molecule has 17 heavy (non-hydrogen) atoms. The van der Waals surface area contributed by atoms with E-state index in [2.05, 4.69) is 5.16 Å². The predicted octanol–water partition coefficient (Wildman–Crippen LogP) is 0.345. The summed E-state index contributed by atoms with van der Waals surface area (Å²) >= 11 is 0. The number of aliphatic hydroxyl groups is 1. The highest BCUT2D eigenvalue weighted by Crippen LogP contribution is 2.17. The third kappa shape index (κ3) is 2.76. The van der Waals surface area contributed by atoms with Crippen LogP contribution in [0.15, 0.2) is 10.6 Å². The quantitative estimate of drug-likeness (QED) is 0.821. The van der Waals surface area contributed by atoms with E-state index in [9.17, 15) is 4.79 Å². The van der Waals surface area contributed by atoms with Gasteiger partial charge in [0.25, 0.3) is 11.8 Å². The van der Waals surface area contributed by atoms with Crippen LogP contribution in [-0.2, 0) is 4.79 Å². The SMILES string of the molecule is Cc1cc(OCC(=O)N2CCCC2CO)no1. The average molecular weight is 240 g/mol. The summed E-state index contributed by atoms with van der Waals surface area (Å²) < 4.78 is 10.0. The summed E-state index contributed by atoms with van der Waals surface area (Å²) in [5.74, 6) is 0.833. The first-order valence-electron chi connectivity index (χ1n) is 5.67. The van der Waals surface area contributed by atoms with Gasteiger partial charge in [-0.15, -0.1) is 0 Å². The molecular weight excluding hydrogens is 224 g/mol. The van der Waals surface area contributed by atoms with E-state index in [0.717, 1.165) is 12.8 Å². The maximum atomic E-state index is 11.8. The molecule has 1 fully saturated rings. The monoisotopic (exact) mass is 240 g/mol. The van der Waals surface area contributed by atoms with Gasteiger partial charge in [-0.25, -0.2) is 0 Å². The summed E-state index contributed by atoms with van der Waals surface area (Å²) in [6, 6.07) is 1.56. The lowest BCUT2D eigenvalue weighted by Gasteiger charge is -2.22. The van der Waals surface area contributed by atoms with Gasteiger partial charge in [-0.3, -0.25) is 4.79 Å². The number of carbonyl (C=O) groups is 1. The Labute approximate surface area is 99.1 Å². The fourth-order valence-corrected chi connectivity index (χ4v) is 1.98. The number of carbonyl (C=O) groups excluding carboxylic acids is 1. The molecule has 0 saturated carbocycles. The molecule has 0 aliphatic carbocycles. The minimum atomic E-state index is -0.123. The maximum absolute atomic E-state index is 11.8. The summed E-state index contributed by atoms with van der Waals surface area (Å²) in [4.78, 5) is 13.5. The Bertz CT molecular complexity index is 391. The van der Waals surface area contributed by atoms with Gasteiger partial charge < -0.3 is 19.3 Å². The zero-order chi connectivity index (χ0) is 12.3. The second-order valence-corrected chi connectivity index (χ2v) is 4.13. The first-order valence-corrected chi connectivity index (χ1v) is 5.67. The number of rotatable bonds is 4. The molecule has 0 radical (unpaired) electrons. The molecular formula is C11H16N2O4. The molecule has 1 aliphatic rings. The van der Waals surface area contributed by atoms with Crippen molar-refractivity contribution >= 4 is 5.91 Å². The molecule has 6 nitrogen and oxygen atoms in total. The van der Waals surface area contributed by atoms with E-state index < -0.39 is 0 Å². The molecule has 1 N–H and O–H groups in total. The molecule has 1 aromatic heterocycles. The van der Waals surface area contributed by atoms with Crippen LogP contribution in [0.4, 0.5) is 0 Å². The number of aromatic nitrogens is 1. The minimum absolute atomic E-state index is 0.00874. The van der Waals surface area contributed by atoms with Gasteiger partial charge in [0.1, 0.15) is 5.76 Å². The number of hydrogen-bond donors (Lipinski definition) is 1. The smallest absolute Gasteiger partial charge is 0.260 e. The Balaban J connectivity index is 1.84. The third-order valence-electron chi connectivity index (χ3n) is 2.86. The van der Waals surface area contributed by atoms with Crippen molar-refractivity contribution in [3.05, 3.63) is 11.8 Å². The van der Waals surface area contributed by atoms with Crippen molar-refractivity contribution in [1.82, 2.24) is 10.1 Å². The summed E-state index contributed by atoms with van der Waals surface area (Å²) in [6.45, 7) is 2.38. The van der Waals surface area contributed by atoms with Crippen LogP contribution in [0.25, 0.3) is 0 Å². The highest BCUT2D eigenvalue weighted by molar-refractivity contribution is 5.78. The van der Waals surface area contributed by atoms with Gasteiger partial charge in [-0.05, 0) is 24.9 Å². The van der Waals surface area contributed by atoms with Crippen LogP contribution >= 0.6 is 0 Å². The number of hydrogen-bond acceptors (Lipinski definition) is 5. The predicted molar refractivity (Wildman–Crippen MR) is 58.6 cm³/mol. The fourth-order valence-electron chi connectivity index (χ4n) is 1.98. The van der Waals surface area contributed by atoms with Crippen molar-refractivity contribution in [3.63, 3.8) is 0 Å². The fraction of sp³-hybridized carbons (Fsp3) is 0.636. The second kappa shape index (κ2) is 5.18. The molecule has 1 atom stereocenters. The van der Waals surface area contributed by atoms with Crippen molar-refractivity contribution in [2.24, 2.45) is 0 Å². The maximum Gasteiger partial charge on any atom is 0.260 e. The lowest BCUT2D eigenvalue weighted by atomic mass is 10.2. The molecule has 1 aromatic rings. The van der Waals surface area contributed by atoms with Crippen LogP contribution in [0.3, 0.4) is 0 Å². The third-order valence-corrected chi connectivity index (χ3v) is 2.86. The Morgan fingerprint density at radius 2 is 2.59 bits per heavy atom. The number of aliphatic hydroxyl groups excluding tert-OH is 1. The Morgan fingerprint density at radius 3 is 3.24 bits per heavy atom. The van der Waals surface area contributed by atoms with Crippen molar-refractivity contribution in [3.8, 4) is 5.88 Å². The lowest BCUT2D eigenvalue weighted by molar-refractivity contribution is -0.135. The molecule has 0 aromatic carbocycles. The molecule has 2 rings (SSSR count). The molecule has 1 aliphatic heterocycles. The molecule has 0 spiro atoms. The molecule has 6 heteroatoms. The van der Waals surface area contributed by atoms with E-state index in [1.54, 1.807) is 17.9 Å². The highest BCUT2D eigenvalue weighted by Gasteiger charge is 2.28. The zero-order valence-corrected chi connectivity index (χ0v) is 9.76. The average Bonchev–Trinajstić information content (AvgIpc) is 2.94. The summed E-state index contributed by atoms with van der Waals surface area (Å²) in [5, 5.41) is 12.7. The van der Waals surface area contributed by atoms with E-state index in [1.807, 2.05) is 0 Å². The minimum Gasteiger partial charge on any atom is -0.465 e. The normalized spacial score (nSPS) is 19.6. The van der Waals surface area contributed by atoms with Gasteiger partial charge >= 0.3 is 0 Å². The van der Waals surface area contributed by atoms with E-state index >= 15 is 0 Å². The Hall–Kier alpha value is -1.56. The van der Waals surface area contributed by atoms with Crippen molar-refractivity contribution in [1.29, 1.82) is 0 Å². The number of amides is 1. The van der Waals surface area contributed by atoms with Crippen molar-refractivity contribution in [2.75, 3.05) is 19.8 Å². The van der Waals surface area contributed by atoms with E-state index in [4.69, 9.17) is 14.4 Å². The van der Waals surface area contributed by atoms with E-state index in [0.29, 0.717) is 18.2 Å². The molecule has 1 amide bonds. The van der Waals surface area contributed by atoms with E-state index in [1.165, 1.54) is 0 Å². The number of nitrogens with zero attached hydrogens (tertiary/aromatic N) is 2. The first kappa shape index (κ1) is 11.9. The standard InChI is InChI=1S/C11H16N2O4/c1-8-5-10(12-17-8)16-7-11(15)13-4-2-3-9(13)6-14/h5,9,14H,2-4,6-7H2,1H3. The van der Waals surface area contributed by atoms with Gasteiger partial charge in [0.2, 0.25) is 0 Å². The molecule has 1 saturated heterocycles. The van der Waals surface area contributed by atoms with Gasteiger partial charge in [-0.1, -0.05) is 0 Å². The Morgan fingerprint density at radius 1 is 1.76 bits per heavy atom. The topological polar surface area (TPSA) is 75.8 Å². The summed E-state index contributed by atoms with van der Waals surface area (Å²) in [7, 11) is 0. The summed E-state index contributed by atoms with van der Waals surface area (Å²) in [5.41, 5.74) is 0.